The lowest BCUT2D eigenvalue weighted by molar-refractivity contribution is 0.583. The fraction of sp³-hybridized carbons (Fsp3) is 0.200. The summed E-state index contributed by atoms with van der Waals surface area (Å²) in [6.45, 7) is 1.93. The molecule has 0 fully saturated rings. The molecule has 0 radical (unpaired) electrons. The zero-order chi connectivity index (χ0) is 15.2. The van der Waals surface area contributed by atoms with Crippen LogP contribution in [0.1, 0.15) is 12.5 Å². The molecule has 0 spiro atoms. The van der Waals surface area contributed by atoms with Crippen LogP contribution in [0.3, 0.4) is 0 Å². The summed E-state index contributed by atoms with van der Waals surface area (Å²) in [6.07, 6.45) is 0.737. The summed E-state index contributed by atoms with van der Waals surface area (Å²) >= 11 is 6.69. The Morgan fingerprint density at radius 1 is 1.14 bits per heavy atom. The third-order valence-electron chi connectivity index (χ3n) is 3.57. The molecule has 0 bridgehead atoms. The van der Waals surface area contributed by atoms with Crippen LogP contribution in [-0.4, -0.2) is 14.5 Å². The molecular weight excluding hydrogens is 418 g/mol. The number of sulfonamides is 1. The second-order valence-electron chi connectivity index (χ2n) is 5.06. The van der Waals surface area contributed by atoms with Crippen LogP contribution in [0.25, 0.3) is 0 Å². The first-order valence-corrected chi connectivity index (χ1v) is 9.51. The van der Waals surface area contributed by atoms with Crippen molar-refractivity contribution >= 4 is 47.6 Å². The van der Waals surface area contributed by atoms with E-state index < -0.39 is 10.0 Å². The molecule has 2 aromatic carbocycles. The fourth-order valence-electron chi connectivity index (χ4n) is 2.68. The van der Waals surface area contributed by atoms with Crippen molar-refractivity contribution in [3.63, 3.8) is 0 Å². The molecule has 21 heavy (non-hydrogen) atoms. The van der Waals surface area contributed by atoms with Gasteiger partial charge in [-0.25, -0.2) is 8.42 Å². The monoisotopic (exact) mass is 429 g/mol. The molecule has 0 unspecified atom stereocenters. The molecule has 1 aliphatic rings. The van der Waals surface area contributed by atoms with Crippen LogP contribution < -0.4 is 4.31 Å². The lowest BCUT2D eigenvalue weighted by Gasteiger charge is -2.25. The van der Waals surface area contributed by atoms with E-state index in [0.717, 1.165) is 22.1 Å². The summed E-state index contributed by atoms with van der Waals surface area (Å²) in [7, 11) is -3.60. The number of nitrogens with zero attached hydrogens (tertiary/aromatic N) is 1. The fourth-order valence-corrected chi connectivity index (χ4v) is 5.84. The molecule has 3 rings (SSSR count). The maximum absolute atomic E-state index is 13.1. The van der Waals surface area contributed by atoms with Gasteiger partial charge >= 0.3 is 0 Å². The molecule has 6 heteroatoms. The van der Waals surface area contributed by atoms with Crippen LogP contribution in [0.5, 0.6) is 0 Å². The van der Waals surface area contributed by atoms with Gasteiger partial charge < -0.3 is 0 Å². The third kappa shape index (κ3) is 2.53. The first-order valence-electron chi connectivity index (χ1n) is 6.48. The first-order chi connectivity index (χ1) is 9.91. The summed E-state index contributed by atoms with van der Waals surface area (Å²) in [5.74, 6) is 0. The number of hydrogen-bond donors (Lipinski definition) is 0. The molecule has 0 saturated heterocycles. The van der Waals surface area contributed by atoms with Gasteiger partial charge in [0.25, 0.3) is 10.0 Å². The average molecular weight is 431 g/mol. The Balaban J connectivity index is 2.17. The quantitative estimate of drug-likeness (QED) is 0.710. The highest BCUT2D eigenvalue weighted by Crippen LogP contribution is 2.38. The second kappa shape index (κ2) is 5.41. The normalized spacial score (nSPS) is 17.9. The van der Waals surface area contributed by atoms with Gasteiger partial charge in [0, 0.05) is 15.0 Å². The highest BCUT2D eigenvalue weighted by Gasteiger charge is 2.36. The molecule has 0 aromatic heterocycles. The van der Waals surface area contributed by atoms with Gasteiger partial charge in [0.2, 0.25) is 0 Å². The van der Waals surface area contributed by atoms with Crippen LogP contribution in [0.15, 0.2) is 56.3 Å². The maximum atomic E-state index is 13.1. The predicted octanol–water partition coefficient (Wildman–Crippen LogP) is 4.35. The van der Waals surface area contributed by atoms with Crippen LogP contribution in [-0.2, 0) is 16.4 Å². The van der Waals surface area contributed by atoms with Crippen LogP contribution in [0.4, 0.5) is 5.69 Å². The summed E-state index contributed by atoms with van der Waals surface area (Å²) < 4.78 is 28.9. The third-order valence-corrected chi connectivity index (χ3v) is 6.99. The van der Waals surface area contributed by atoms with Gasteiger partial charge in [0.15, 0.2) is 0 Å². The Morgan fingerprint density at radius 2 is 1.86 bits per heavy atom. The zero-order valence-electron chi connectivity index (χ0n) is 11.3. The number of hydrogen-bond acceptors (Lipinski definition) is 2. The van der Waals surface area contributed by atoms with Crippen molar-refractivity contribution in [3.05, 3.63) is 57.0 Å². The molecule has 110 valence electrons. The molecule has 1 atom stereocenters. The number of fused-ring (bicyclic) bond motifs is 1. The van der Waals surface area contributed by atoms with E-state index in [1.54, 1.807) is 12.1 Å². The van der Waals surface area contributed by atoms with Crippen LogP contribution >= 0.6 is 31.9 Å². The molecule has 0 amide bonds. The maximum Gasteiger partial charge on any atom is 0.265 e. The molecular formula is C15H13Br2NO2S. The molecule has 0 saturated carbocycles. The lowest BCUT2D eigenvalue weighted by atomic mass is 10.1. The Labute approximate surface area is 141 Å². The van der Waals surface area contributed by atoms with Gasteiger partial charge in [-0.2, -0.15) is 0 Å². The smallest absolute Gasteiger partial charge is 0.263 e. The van der Waals surface area contributed by atoms with Gasteiger partial charge in [0.05, 0.1) is 5.69 Å². The summed E-state index contributed by atoms with van der Waals surface area (Å²) in [6, 6.07) is 12.8. The van der Waals surface area contributed by atoms with Gasteiger partial charge in [0.1, 0.15) is 4.90 Å². The van der Waals surface area contributed by atoms with E-state index in [1.807, 2.05) is 37.3 Å². The van der Waals surface area contributed by atoms with E-state index >= 15 is 0 Å². The van der Waals surface area contributed by atoms with Crippen molar-refractivity contribution in [2.75, 3.05) is 4.31 Å². The van der Waals surface area contributed by atoms with Crippen molar-refractivity contribution in [1.29, 1.82) is 0 Å². The molecule has 3 nitrogen and oxygen atoms in total. The SMILES string of the molecule is C[C@@H]1Cc2ccccc2N1S(=O)(=O)c1cc(Br)ccc1Br. The predicted molar refractivity (Wildman–Crippen MR) is 91.1 cm³/mol. The Bertz CT molecular complexity index is 805. The molecule has 0 N–H and O–H groups in total. The summed E-state index contributed by atoms with van der Waals surface area (Å²) in [5.41, 5.74) is 1.84. The van der Waals surface area contributed by atoms with E-state index in [4.69, 9.17) is 0 Å². The van der Waals surface area contributed by atoms with Crippen LogP contribution in [0, 0.1) is 0 Å². The molecule has 1 aliphatic heterocycles. The highest BCUT2D eigenvalue weighted by atomic mass is 79.9. The van der Waals surface area contributed by atoms with Crippen molar-refractivity contribution in [2.45, 2.75) is 24.3 Å². The largest absolute Gasteiger partial charge is 0.265 e. The van der Waals surface area contributed by atoms with Gasteiger partial charge in [-0.15, -0.1) is 0 Å². The van der Waals surface area contributed by atoms with Crippen molar-refractivity contribution in [1.82, 2.24) is 0 Å². The average Bonchev–Trinajstić information content (AvgIpc) is 2.77. The van der Waals surface area contributed by atoms with Crippen molar-refractivity contribution in [2.24, 2.45) is 0 Å². The van der Waals surface area contributed by atoms with Crippen molar-refractivity contribution in [3.8, 4) is 0 Å². The molecule has 0 aliphatic carbocycles. The number of benzene rings is 2. The first kappa shape index (κ1) is 15.1. The Hall–Kier alpha value is -0.850. The Morgan fingerprint density at radius 3 is 2.62 bits per heavy atom. The Kier molecular flexibility index (Phi) is 3.88. The number of rotatable bonds is 2. The van der Waals surface area contributed by atoms with Gasteiger partial charge in [-0.3, -0.25) is 4.31 Å². The van der Waals surface area contributed by atoms with E-state index in [2.05, 4.69) is 31.9 Å². The summed E-state index contributed by atoms with van der Waals surface area (Å²) in [5, 5.41) is 0. The molecule has 1 heterocycles. The minimum atomic E-state index is -3.60. The topological polar surface area (TPSA) is 37.4 Å². The second-order valence-corrected chi connectivity index (χ2v) is 8.61. The van der Waals surface area contributed by atoms with Gasteiger partial charge in [-0.05, 0) is 59.1 Å². The number of para-hydroxylation sites is 1. The van der Waals surface area contributed by atoms with E-state index in [9.17, 15) is 8.42 Å². The van der Waals surface area contributed by atoms with Crippen LogP contribution in [0.2, 0.25) is 0 Å². The standard InChI is InChI=1S/C15H13Br2NO2S/c1-10-8-11-4-2-3-5-14(11)18(10)21(19,20)15-9-12(16)6-7-13(15)17/h2-7,9-10H,8H2,1H3/t10-/m1/s1. The minimum absolute atomic E-state index is 0.0849. The summed E-state index contributed by atoms with van der Waals surface area (Å²) in [4.78, 5) is 0.278. The van der Waals surface area contributed by atoms with E-state index in [1.165, 1.54) is 4.31 Å². The minimum Gasteiger partial charge on any atom is -0.263 e. The number of anilines is 1. The highest BCUT2D eigenvalue weighted by molar-refractivity contribution is 9.11. The lowest BCUT2D eigenvalue weighted by Crippen LogP contribution is -2.35. The number of halogens is 2. The molecule has 2 aromatic rings. The van der Waals surface area contributed by atoms with E-state index in [0.29, 0.717) is 4.47 Å². The van der Waals surface area contributed by atoms with Gasteiger partial charge in [-0.1, -0.05) is 34.1 Å². The zero-order valence-corrected chi connectivity index (χ0v) is 15.2. The van der Waals surface area contributed by atoms with E-state index in [-0.39, 0.29) is 10.9 Å². The van der Waals surface area contributed by atoms with Crippen molar-refractivity contribution < 1.29 is 8.42 Å².